The number of aromatic nitrogens is 4. The van der Waals surface area contributed by atoms with Gasteiger partial charge in [0.25, 0.3) is 11.9 Å². The van der Waals surface area contributed by atoms with Crippen molar-refractivity contribution in [3.05, 3.63) is 35.4 Å². The molecule has 4 saturated carbocycles. The summed E-state index contributed by atoms with van der Waals surface area (Å²) in [4.78, 5) is 21.0. The largest absolute Gasteiger partial charge is 0.351 e. The summed E-state index contributed by atoms with van der Waals surface area (Å²) in [5.74, 6) is 2.82. The van der Waals surface area contributed by atoms with E-state index in [4.69, 9.17) is 11.6 Å². The molecule has 2 aromatic heterocycles. The molecule has 4 bridgehead atoms. The predicted octanol–water partition coefficient (Wildman–Crippen LogP) is 3.26. The SMILES string of the molecule is O=C(NCC12CC3CC(CC(C3)C1)C2)c1cnn(-c2ncccn2)c1Cl. The Morgan fingerprint density at radius 3 is 2.38 bits per heavy atom. The summed E-state index contributed by atoms with van der Waals surface area (Å²) in [6, 6.07) is 1.72. The van der Waals surface area contributed by atoms with Crippen LogP contribution in [0, 0.1) is 23.2 Å². The van der Waals surface area contributed by atoms with E-state index in [2.05, 4.69) is 20.4 Å². The van der Waals surface area contributed by atoms with Crippen molar-refractivity contribution in [3.63, 3.8) is 0 Å². The summed E-state index contributed by atoms with van der Waals surface area (Å²) in [6.45, 7) is 0.749. The van der Waals surface area contributed by atoms with Gasteiger partial charge in [0.05, 0.1) is 11.8 Å². The van der Waals surface area contributed by atoms with E-state index in [-0.39, 0.29) is 11.1 Å². The zero-order valence-corrected chi connectivity index (χ0v) is 15.3. The van der Waals surface area contributed by atoms with Gasteiger partial charge in [-0.2, -0.15) is 9.78 Å². The van der Waals surface area contributed by atoms with Crippen LogP contribution in [0.5, 0.6) is 0 Å². The second-order valence-corrected chi connectivity index (χ2v) is 8.77. The van der Waals surface area contributed by atoms with Crippen molar-refractivity contribution in [1.82, 2.24) is 25.1 Å². The molecule has 7 heteroatoms. The zero-order valence-electron chi connectivity index (χ0n) is 14.6. The maximum Gasteiger partial charge on any atom is 0.256 e. The Morgan fingerprint density at radius 1 is 1.15 bits per heavy atom. The Hall–Kier alpha value is -1.95. The van der Waals surface area contributed by atoms with Crippen molar-refractivity contribution >= 4 is 17.5 Å². The third-order valence-electron chi connectivity index (χ3n) is 6.49. The average molecular weight is 372 g/mol. The molecule has 1 amide bonds. The average Bonchev–Trinajstić information content (AvgIpc) is 3.01. The molecule has 0 unspecified atom stereocenters. The quantitative estimate of drug-likeness (QED) is 0.895. The van der Waals surface area contributed by atoms with E-state index in [0.717, 1.165) is 24.3 Å². The first-order valence-corrected chi connectivity index (χ1v) is 9.79. The number of rotatable bonds is 4. The lowest BCUT2D eigenvalue weighted by atomic mass is 9.49. The van der Waals surface area contributed by atoms with Gasteiger partial charge in [-0.3, -0.25) is 4.79 Å². The van der Waals surface area contributed by atoms with E-state index in [1.165, 1.54) is 49.4 Å². The van der Waals surface area contributed by atoms with Crippen LogP contribution in [0.3, 0.4) is 0 Å². The van der Waals surface area contributed by atoms with Gasteiger partial charge < -0.3 is 5.32 Å². The van der Waals surface area contributed by atoms with Crippen LogP contribution in [0.4, 0.5) is 0 Å². The van der Waals surface area contributed by atoms with Crippen molar-refractivity contribution in [3.8, 4) is 5.95 Å². The highest BCUT2D eigenvalue weighted by molar-refractivity contribution is 6.33. The highest BCUT2D eigenvalue weighted by Crippen LogP contribution is 2.59. The first kappa shape index (κ1) is 16.2. The Morgan fingerprint density at radius 2 is 1.77 bits per heavy atom. The first-order valence-electron chi connectivity index (χ1n) is 9.41. The number of hydrogen-bond donors (Lipinski definition) is 1. The van der Waals surface area contributed by atoms with Crippen LogP contribution < -0.4 is 5.32 Å². The van der Waals surface area contributed by atoms with E-state index in [1.807, 2.05) is 0 Å². The highest BCUT2D eigenvalue weighted by Gasteiger charge is 2.50. The fourth-order valence-corrected chi connectivity index (χ4v) is 6.15. The molecule has 2 heterocycles. The Labute approximate surface area is 157 Å². The lowest BCUT2D eigenvalue weighted by Crippen LogP contribution is -2.51. The third kappa shape index (κ3) is 2.71. The monoisotopic (exact) mass is 371 g/mol. The molecule has 4 aliphatic carbocycles. The summed E-state index contributed by atoms with van der Waals surface area (Å²) in [6.07, 6.45) is 12.8. The molecule has 4 fully saturated rings. The van der Waals surface area contributed by atoms with Crippen molar-refractivity contribution in [2.75, 3.05) is 6.54 Å². The smallest absolute Gasteiger partial charge is 0.256 e. The van der Waals surface area contributed by atoms with Crippen LogP contribution in [0.1, 0.15) is 48.9 Å². The van der Waals surface area contributed by atoms with Gasteiger partial charge in [0.2, 0.25) is 0 Å². The van der Waals surface area contributed by atoms with E-state index in [1.54, 1.807) is 18.5 Å². The van der Waals surface area contributed by atoms with E-state index in [9.17, 15) is 4.79 Å². The lowest BCUT2D eigenvalue weighted by molar-refractivity contribution is -0.0503. The predicted molar refractivity (Wildman–Crippen MR) is 97.1 cm³/mol. The number of nitrogens with one attached hydrogen (secondary N) is 1. The highest BCUT2D eigenvalue weighted by atomic mass is 35.5. The molecule has 1 N–H and O–H groups in total. The summed E-state index contributed by atoms with van der Waals surface area (Å²) in [7, 11) is 0. The lowest BCUT2D eigenvalue weighted by Gasteiger charge is -2.56. The topological polar surface area (TPSA) is 72.7 Å². The second kappa shape index (κ2) is 6.05. The molecule has 2 aromatic rings. The molecule has 6 nitrogen and oxygen atoms in total. The van der Waals surface area contributed by atoms with Gasteiger partial charge in [-0.15, -0.1) is 0 Å². The molecule has 0 atom stereocenters. The van der Waals surface area contributed by atoms with Crippen molar-refractivity contribution in [2.24, 2.45) is 23.2 Å². The molecule has 4 aliphatic rings. The maximum atomic E-state index is 12.7. The van der Waals surface area contributed by atoms with E-state index in [0.29, 0.717) is 16.9 Å². The van der Waals surface area contributed by atoms with Crippen LogP contribution in [0.25, 0.3) is 5.95 Å². The Balaban J connectivity index is 1.30. The fourth-order valence-electron chi connectivity index (χ4n) is 5.90. The molecule has 26 heavy (non-hydrogen) atoms. The fraction of sp³-hybridized carbons (Fsp3) is 0.579. The van der Waals surface area contributed by atoms with Crippen LogP contribution in [-0.2, 0) is 0 Å². The number of halogens is 1. The van der Waals surface area contributed by atoms with Crippen LogP contribution in [-0.4, -0.2) is 32.2 Å². The molecule has 0 spiro atoms. The number of amides is 1. The molecule has 0 aliphatic heterocycles. The molecular formula is C19H22ClN5O. The van der Waals surface area contributed by atoms with Gasteiger partial charge >= 0.3 is 0 Å². The Bertz CT molecular complexity index is 798. The summed E-state index contributed by atoms with van der Waals surface area (Å²) in [5.41, 5.74) is 0.680. The molecular weight excluding hydrogens is 350 g/mol. The Kier molecular flexibility index (Phi) is 3.78. The summed E-state index contributed by atoms with van der Waals surface area (Å²) < 4.78 is 1.39. The minimum absolute atomic E-state index is 0.159. The number of hydrogen-bond acceptors (Lipinski definition) is 4. The maximum absolute atomic E-state index is 12.7. The molecule has 0 saturated heterocycles. The van der Waals surface area contributed by atoms with Gasteiger partial charge in [-0.25, -0.2) is 9.97 Å². The van der Waals surface area contributed by atoms with Gasteiger partial charge in [-0.1, -0.05) is 11.6 Å². The van der Waals surface area contributed by atoms with E-state index >= 15 is 0 Å². The zero-order chi connectivity index (χ0) is 17.7. The van der Waals surface area contributed by atoms with Crippen molar-refractivity contribution in [2.45, 2.75) is 38.5 Å². The van der Waals surface area contributed by atoms with Gasteiger partial charge in [0, 0.05) is 18.9 Å². The van der Waals surface area contributed by atoms with E-state index < -0.39 is 0 Å². The van der Waals surface area contributed by atoms with Crippen LogP contribution >= 0.6 is 11.6 Å². The summed E-state index contributed by atoms with van der Waals surface area (Å²) in [5, 5.41) is 7.57. The van der Waals surface area contributed by atoms with Crippen LogP contribution in [0.2, 0.25) is 5.15 Å². The minimum atomic E-state index is -0.159. The standard InChI is InChI=1S/C19H22ClN5O/c20-16-15(10-24-25(16)18-21-2-1-3-22-18)17(26)23-11-19-7-12-4-13(8-19)6-14(5-12)9-19/h1-3,10,12-14H,4-9,11H2,(H,23,26). The molecule has 0 aromatic carbocycles. The van der Waals surface area contributed by atoms with Gasteiger partial charge in [0.1, 0.15) is 5.15 Å². The molecule has 0 radical (unpaired) electrons. The third-order valence-corrected chi connectivity index (χ3v) is 6.85. The van der Waals surface area contributed by atoms with Crippen molar-refractivity contribution < 1.29 is 4.79 Å². The minimum Gasteiger partial charge on any atom is -0.351 e. The van der Waals surface area contributed by atoms with Crippen molar-refractivity contribution in [1.29, 1.82) is 0 Å². The first-order chi connectivity index (χ1) is 12.6. The van der Waals surface area contributed by atoms with Gasteiger partial charge in [0.15, 0.2) is 0 Å². The molecule has 136 valence electrons. The van der Waals surface area contributed by atoms with Gasteiger partial charge in [-0.05, 0) is 67.8 Å². The normalized spacial score (nSPS) is 32.0. The number of carbonyl (C=O) groups is 1. The number of nitrogens with zero attached hydrogens (tertiary/aromatic N) is 4. The van der Waals surface area contributed by atoms with Crippen LogP contribution in [0.15, 0.2) is 24.7 Å². The summed E-state index contributed by atoms with van der Waals surface area (Å²) >= 11 is 6.37. The second-order valence-electron chi connectivity index (χ2n) is 8.41. The molecule has 6 rings (SSSR count). The number of carbonyl (C=O) groups excluding carboxylic acids is 1.